The van der Waals surface area contributed by atoms with E-state index in [2.05, 4.69) is 27.4 Å². The van der Waals surface area contributed by atoms with Crippen molar-refractivity contribution in [2.45, 2.75) is 56.7 Å². The number of hydrogen-bond acceptors (Lipinski definition) is 5. The maximum atomic E-state index is 13.0. The zero-order valence-electron chi connectivity index (χ0n) is 16.0. The molecule has 1 aromatic rings. The van der Waals surface area contributed by atoms with Crippen molar-refractivity contribution in [2.24, 2.45) is 17.8 Å². The molecule has 1 aliphatic heterocycles. The first-order chi connectivity index (χ1) is 13.0. The normalized spacial score (nSPS) is 40.2. The first-order valence-corrected chi connectivity index (χ1v) is 10.5. The second-order valence-corrected chi connectivity index (χ2v) is 9.32. The van der Waals surface area contributed by atoms with Gasteiger partial charge in [0, 0.05) is 31.7 Å². The molecule has 4 aliphatic carbocycles. The molecular formula is C21H30N4O2. The molecule has 6 heteroatoms. The Morgan fingerprint density at radius 3 is 2.78 bits per heavy atom. The Balaban J connectivity index is 1.31. The van der Waals surface area contributed by atoms with Crippen molar-refractivity contribution in [3.05, 3.63) is 23.9 Å². The second-order valence-electron chi connectivity index (χ2n) is 9.32. The third-order valence-corrected chi connectivity index (χ3v) is 7.30. The Kier molecular flexibility index (Phi) is 4.17. The summed E-state index contributed by atoms with van der Waals surface area (Å²) >= 11 is 0. The summed E-state index contributed by atoms with van der Waals surface area (Å²) in [7, 11) is 0. The van der Waals surface area contributed by atoms with Crippen LogP contribution in [0.2, 0.25) is 0 Å². The number of nitrogens with one attached hydrogen (secondary N) is 2. The molecule has 4 saturated carbocycles. The van der Waals surface area contributed by atoms with Crippen LogP contribution in [0.5, 0.6) is 0 Å². The van der Waals surface area contributed by atoms with Crippen LogP contribution in [0.25, 0.3) is 0 Å². The van der Waals surface area contributed by atoms with Crippen molar-refractivity contribution in [1.29, 1.82) is 0 Å². The molecule has 1 aromatic heterocycles. The summed E-state index contributed by atoms with van der Waals surface area (Å²) in [6.07, 6.45) is 4.95. The number of anilines is 1. The molecule has 146 valence electrons. The summed E-state index contributed by atoms with van der Waals surface area (Å²) in [5.74, 6) is 2.31. The highest BCUT2D eigenvalue weighted by molar-refractivity contribution is 5.93. The molecule has 6 rings (SSSR count). The SMILES string of the molecule is C[C@@H]1CNCCN1c1cccc(C(=O)NC2C3CC4CC2CC(O)(C4)C3)n1. The minimum atomic E-state index is -0.464. The minimum absolute atomic E-state index is 0.0656. The van der Waals surface area contributed by atoms with Crippen LogP contribution >= 0.6 is 0 Å². The Morgan fingerprint density at radius 1 is 1.30 bits per heavy atom. The highest BCUT2D eigenvalue weighted by atomic mass is 16.3. The van der Waals surface area contributed by atoms with Gasteiger partial charge in [-0.05, 0) is 68.9 Å². The Hall–Kier alpha value is -1.66. The van der Waals surface area contributed by atoms with Gasteiger partial charge in [0.05, 0.1) is 5.60 Å². The smallest absolute Gasteiger partial charge is 0.270 e. The van der Waals surface area contributed by atoms with Gasteiger partial charge < -0.3 is 20.6 Å². The number of carbonyl (C=O) groups is 1. The number of aliphatic hydroxyl groups is 1. The minimum Gasteiger partial charge on any atom is -0.390 e. The van der Waals surface area contributed by atoms with Crippen LogP contribution in [0.15, 0.2) is 18.2 Å². The molecule has 3 N–H and O–H groups in total. The van der Waals surface area contributed by atoms with E-state index in [1.54, 1.807) is 0 Å². The van der Waals surface area contributed by atoms with Crippen LogP contribution in [0.4, 0.5) is 5.82 Å². The van der Waals surface area contributed by atoms with Crippen molar-refractivity contribution < 1.29 is 9.90 Å². The summed E-state index contributed by atoms with van der Waals surface area (Å²) in [4.78, 5) is 19.9. The van der Waals surface area contributed by atoms with Gasteiger partial charge in [0.25, 0.3) is 5.91 Å². The van der Waals surface area contributed by atoms with Gasteiger partial charge in [0.15, 0.2) is 0 Å². The van der Waals surface area contributed by atoms with E-state index in [0.717, 1.165) is 57.6 Å². The molecule has 1 saturated heterocycles. The number of hydrogen-bond donors (Lipinski definition) is 3. The molecule has 0 aromatic carbocycles. The zero-order chi connectivity index (χ0) is 18.6. The molecule has 2 heterocycles. The number of pyridine rings is 1. The first-order valence-electron chi connectivity index (χ1n) is 10.5. The van der Waals surface area contributed by atoms with Crippen LogP contribution in [0, 0.1) is 17.8 Å². The predicted molar refractivity (Wildman–Crippen MR) is 104 cm³/mol. The summed E-state index contributed by atoms with van der Waals surface area (Å²) in [5.41, 5.74) is 0.0414. The average Bonchev–Trinajstić information content (AvgIpc) is 2.64. The van der Waals surface area contributed by atoms with E-state index < -0.39 is 5.60 Å². The topological polar surface area (TPSA) is 77.5 Å². The van der Waals surface area contributed by atoms with Crippen molar-refractivity contribution in [3.8, 4) is 0 Å². The van der Waals surface area contributed by atoms with Crippen LogP contribution in [0.1, 0.15) is 49.5 Å². The molecule has 4 bridgehead atoms. The number of amides is 1. The molecule has 6 nitrogen and oxygen atoms in total. The number of aromatic nitrogens is 1. The maximum absolute atomic E-state index is 13.0. The van der Waals surface area contributed by atoms with Crippen LogP contribution in [0.3, 0.4) is 0 Å². The molecule has 5 aliphatic rings. The summed E-state index contributed by atoms with van der Waals surface area (Å²) in [6.45, 7) is 4.97. The van der Waals surface area contributed by atoms with Gasteiger partial charge in [0.2, 0.25) is 0 Å². The van der Waals surface area contributed by atoms with E-state index >= 15 is 0 Å². The van der Waals surface area contributed by atoms with Gasteiger partial charge in [-0.1, -0.05) is 6.07 Å². The molecular weight excluding hydrogens is 340 g/mol. The highest BCUT2D eigenvalue weighted by Gasteiger charge is 2.55. The monoisotopic (exact) mass is 370 g/mol. The number of rotatable bonds is 3. The molecule has 5 fully saturated rings. The quantitative estimate of drug-likeness (QED) is 0.753. The van der Waals surface area contributed by atoms with Crippen molar-refractivity contribution in [2.75, 3.05) is 24.5 Å². The lowest BCUT2D eigenvalue weighted by Gasteiger charge is -2.58. The Labute approximate surface area is 160 Å². The van der Waals surface area contributed by atoms with Gasteiger partial charge in [-0.25, -0.2) is 4.98 Å². The maximum Gasteiger partial charge on any atom is 0.270 e. The van der Waals surface area contributed by atoms with E-state index in [1.165, 1.54) is 0 Å². The fraction of sp³-hybridized carbons (Fsp3) is 0.714. The first kappa shape index (κ1) is 17.4. The fourth-order valence-corrected chi connectivity index (χ4v) is 6.33. The summed E-state index contributed by atoms with van der Waals surface area (Å²) in [6, 6.07) is 6.31. The summed E-state index contributed by atoms with van der Waals surface area (Å²) in [5, 5.41) is 17.4. The lowest BCUT2D eigenvalue weighted by molar-refractivity contribution is -0.136. The van der Waals surface area contributed by atoms with Crippen LogP contribution in [-0.2, 0) is 0 Å². The summed E-state index contributed by atoms with van der Waals surface area (Å²) < 4.78 is 0. The number of nitrogens with zero attached hydrogens (tertiary/aromatic N) is 2. The Morgan fingerprint density at radius 2 is 2.07 bits per heavy atom. The van der Waals surface area contributed by atoms with E-state index in [4.69, 9.17) is 0 Å². The Bertz CT molecular complexity index is 723. The molecule has 3 atom stereocenters. The van der Waals surface area contributed by atoms with Crippen LogP contribution < -0.4 is 15.5 Å². The molecule has 0 spiro atoms. The molecule has 0 radical (unpaired) electrons. The van der Waals surface area contributed by atoms with Crippen molar-refractivity contribution in [1.82, 2.24) is 15.6 Å². The van der Waals surface area contributed by atoms with Gasteiger partial charge in [0.1, 0.15) is 11.5 Å². The molecule has 1 amide bonds. The lowest BCUT2D eigenvalue weighted by atomic mass is 9.52. The van der Waals surface area contributed by atoms with Crippen molar-refractivity contribution in [3.63, 3.8) is 0 Å². The average molecular weight is 370 g/mol. The largest absolute Gasteiger partial charge is 0.390 e. The standard InChI is InChI=1S/C21H30N4O2/c1-13-12-22-5-6-25(13)18-4-2-3-17(23-18)20(26)24-19-15-7-14-8-16(19)11-21(27,9-14)10-15/h2-4,13-16,19,22,27H,5-12H2,1H3,(H,24,26)/t13-,14?,15?,16?,19?,21?/m1/s1. The van der Waals surface area contributed by atoms with Crippen molar-refractivity contribution >= 4 is 11.7 Å². The lowest BCUT2D eigenvalue weighted by Crippen LogP contribution is -2.61. The third kappa shape index (κ3) is 3.13. The molecule has 27 heavy (non-hydrogen) atoms. The number of carbonyl (C=O) groups excluding carboxylic acids is 1. The molecule has 2 unspecified atom stereocenters. The van der Waals surface area contributed by atoms with Gasteiger partial charge in [-0.2, -0.15) is 0 Å². The fourth-order valence-electron chi connectivity index (χ4n) is 6.33. The zero-order valence-corrected chi connectivity index (χ0v) is 16.0. The third-order valence-electron chi connectivity index (χ3n) is 7.30. The highest BCUT2D eigenvalue weighted by Crippen LogP contribution is 2.55. The van der Waals surface area contributed by atoms with E-state index in [-0.39, 0.29) is 11.9 Å². The predicted octanol–water partition coefficient (Wildman–Crippen LogP) is 1.55. The van der Waals surface area contributed by atoms with E-state index in [9.17, 15) is 9.90 Å². The van der Waals surface area contributed by atoms with Gasteiger partial charge in [-0.15, -0.1) is 0 Å². The second kappa shape index (κ2) is 6.45. The number of piperazine rings is 1. The van der Waals surface area contributed by atoms with E-state index in [0.29, 0.717) is 29.5 Å². The van der Waals surface area contributed by atoms with Gasteiger partial charge >= 0.3 is 0 Å². The van der Waals surface area contributed by atoms with E-state index in [1.807, 2.05) is 18.2 Å². The van der Waals surface area contributed by atoms with Crippen LogP contribution in [-0.4, -0.2) is 53.3 Å². The van der Waals surface area contributed by atoms with Gasteiger partial charge in [-0.3, -0.25) is 4.79 Å².